The normalized spacial score (nSPS) is 17.9. The standard InChI is InChI=1S/C12H23NO4/c1-5-6-12(4,17)7-13-10(14)8(2)9(3)11(15)16/h8-9,17H,5-7H2,1-4H3,(H,13,14)(H,15,16). The number of aliphatic hydroxyl groups is 1. The van der Waals surface area contributed by atoms with Crippen molar-refractivity contribution in [1.29, 1.82) is 0 Å². The lowest BCUT2D eigenvalue weighted by Gasteiger charge is -2.24. The van der Waals surface area contributed by atoms with Crippen molar-refractivity contribution in [3.63, 3.8) is 0 Å². The zero-order chi connectivity index (χ0) is 13.6. The first kappa shape index (κ1) is 15.9. The highest BCUT2D eigenvalue weighted by Crippen LogP contribution is 2.13. The van der Waals surface area contributed by atoms with Crippen molar-refractivity contribution in [2.75, 3.05) is 6.54 Å². The zero-order valence-electron chi connectivity index (χ0n) is 11.0. The van der Waals surface area contributed by atoms with Crippen molar-refractivity contribution in [3.05, 3.63) is 0 Å². The van der Waals surface area contributed by atoms with E-state index in [-0.39, 0.29) is 12.5 Å². The maximum absolute atomic E-state index is 11.7. The lowest BCUT2D eigenvalue weighted by atomic mass is 9.94. The monoisotopic (exact) mass is 245 g/mol. The van der Waals surface area contributed by atoms with E-state index in [9.17, 15) is 14.7 Å². The summed E-state index contributed by atoms with van der Waals surface area (Å²) in [6, 6.07) is 0. The van der Waals surface area contributed by atoms with Crippen LogP contribution in [0.5, 0.6) is 0 Å². The van der Waals surface area contributed by atoms with Crippen LogP contribution in [0.1, 0.15) is 40.5 Å². The van der Waals surface area contributed by atoms with E-state index in [1.54, 1.807) is 13.8 Å². The predicted octanol–water partition coefficient (Wildman–Crippen LogP) is 1.01. The molecule has 5 heteroatoms. The minimum atomic E-state index is -0.993. The van der Waals surface area contributed by atoms with Crippen LogP contribution in [0.3, 0.4) is 0 Å². The van der Waals surface area contributed by atoms with Gasteiger partial charge in [-0.2, -0.15) is 0 Å². The van der Waals surface area contributed by atoms with Gasteiger partial charge in [-0.3, -0.25) is 9.59 Å². The van der Waals surface area contributed by atoms with Gasteiger partial charge in [0.05, 0.1) is 11.5 Å². The van der Waals surface area contributed by atoms with Crippen LogP contribution >= 0.6 is 0 Å². The van der Waals surface area contributed by atoms with Gasteiger partial charge in [-0.1, -0.05) is 27.2 Å². The molecule has 0 heterocycles. The van der Waals surface area contributed by atoms with Crippen molar-refractivity contribution in [1.82, 2.24) is 5.32 Å². The average Bonchev–Trinajstić information content (AvgIpc) is 2.23. The van der Waals surface area contributed by atoms with Gasteiger partial charge < -0.3 is 15.5 Å². The van der Waals surface area contributed by atoms with Crippen LogP contribution < -0.4 is 5.32 Å². The Bertz CT molecular complexity index is 276. The maximum atomic E-state index is 11.7. The summed E-state index contributed by atoms with van der Waals surface area (Å²) in [4.78, 5) is 22.4. The van der Waals surface area contributed by atoms with E-state index in [1.807, 2.05) is 6.92 Å². The van der Waals surface area contributed by atoms with E-state index in [4.69, 9.17) is 5.11 Å². The SMILES string of the molecule is CCCC(C)(O)CNC(=O)C(C)C(C)C(=O)O. The second-order valence-corrected chi connectivity index (χ2v) is 4.88. The molecule has 0 radical (unpaired) electrons. The molecule has 0 fully saturated rings. The van der Waals surface area contributed by atoms with Gasteiger partial charge in [0.15, 0.2) is 0 Å². The summed E-state index contributed by atoms with van der Waals surface area (Å²) in [5.41, 5.74) is -0.934. The zero-order valence-corrected chi connectivity index (χ0v) is 11.0. The fourth-order valence-corrected chi connectivity index (χ4v) is 1.51. The second-order valence-electron chi connectivity index (χ2n) is 4.88. The highest BCUT2D eigenvalue weighted by Gasteiger charge is 2.27. The molecule has 0 aromatic carbocycles. The topological polar surface area (TPSA) is 86.6 Å². The Morgan fingerprint density at radius 2 is 1.82 bits per heavy atom. The summed E-state index contributed by atoms with van der Waals surface area (Å²) in [7, 11) is 0. The van der Waals surface area contributed by atoms with Gasteiger partial charge in [0.1, 0.15) is 0 Å². The Morgan fingerprint density at radius 1 is 1.29 bits per heavy atom. The van der Waals surface area contributed by atoms with Gasteiger partial charge in [0.2, 0.25) is 5.91 Å². The molecule has 3 unspecified atom stereocenters. The van der Waals surface area contributed by atoms with Gasteiger partial charge in [0.25, 0.3) is 0 Å². The Labute approximate surface area is 102 Å². The molecule has 5 nitrogen and oxygen atoms in total. The number of amides is 1. The Balaban J connectivity index is 4.23. The van der Waals surface area contributed by atoms with Crippen LogP contribution in [0.15, 0.2) is 0 Å². The molecule has 17 heavy (non-hydrogen) atoms. The molecule has 3 N–H and O–H groups in total. The summed E-state index contributed by atoms with van der Waals surface area (Å²) in [5, 5.41) is 21.2. The number of carbonyl (C=O) groups excluding carboxylic acids is 1. The Hall–Kier alpha value is -1.10. The fourth-order valence-electron chi connectivity index (χ4n) is 1.51. The number of hydrogen-bond donors (Lipinski definition) is 3. The molecular weight excluding hydrogens is 222 g/mol. The lowest BCUT2D eigenvalue weighted by molar-refractivity contribution is -0.146. The molecule has 0 aromatic heterocycles. The molecule has 0 aliphatic carbocycles. The molecule has 0 aliphatic heterocycles. The van der Waals surface area contributed by atoms with Gasteiger partial charge in [0, 0.05) is 12.5 Å². The van der Waals surface area contributed by atoms with Gasteiger partial charge >= 0.3 is 5.97 Å². The van der Waals surface area contributed by atoms with Gasteiger partial charge in [-0.25, -0.2) is 0 Å². The number of rotatable bonds is 7. The highest BCUT2D eigenvalue weighted by molar-refractivity contribution is 5.84. The molecule has 0 saturated carbocycles. The van der Waals surface area contributed by atoms with Crippen LogP contribution in [0, 0.1) is 11.8 Å². The first-order chi connectivity index (χ1) is 7.71. The molecule has 0 rings (SSSR count). The lowest BCUT2D eigenvalue weighted by Crippen LogP contribution is -2.44. The molecular formula is C12H23NO4. The van der Waals surface area contributed by atoms with Crippen molar-refractivity contribution in [2.24, 2.45) is 11.8 Å². The molecule has 0 aliphatic rings. The highest BCUT2D eigenvalue weighted by atomic mass is 16.4. The molecule has 3 atom stereocenters. The van der Waals surface area contributed by atoms with E-state index in [1.165, 1.54) is 6.92 Å². The Kier molecular flexibility index (Phi) is 6.16. The van der Waals surface area contributed by atoms with E-state index < -0.39 is 23.4 Å². The minimum absolute atomic E-state index is 0.149. The number of carboxylic acid groups (broad SMARTS) is 1. The van der Waals surface area contributed by atoms with Crippen LogP contribution in [-0.2, 0) is 9.59 Å². The molecule has 100 valence electrons. The van der Waals surface area contributed by atoms with Crippen LogP contribution in [0.25, 0.3) is 0 Å². The van der Waals surface area contributed by atoms with Crippen molar-refractivity contribution < 1.29 is 19.8 Å². The number of nitrogens with one attached hydrogen (secondary N) is 1. The number of carboxylic acids is 1. The van der Waals surface area contributed by atoms with Crippen molar-refractivity contribution in [3.8, 4) is 0 Å². The quantitative estimate of drug-likeness (QED) is 0.624. The summed E-state index contributed by atoms with van der Waals surface area (Å²) >= 11 is 0. The van der Waals surface area contributed by atoms with Gasteiger partial charge in [-0.15, -0.1) is 0 Å². The van der Waals surface area contributed by atoms with Crippen LogP contribution in [0.4, 0.5) is 0 Å². The first-order valence-electron chi connectivity index (χ1n) is 5.94. The summed E-state index contributed by atoms with van der Waals surface area (Å²) < 4.78 is 0. The number of aliphatic carboxylic acids is 1. The minimum Gasteiger partial charge on any atom is -0.481 e. The van der Waals surface area contributed by atoms with Crippen LogP contribution in [-0.4, -0.2) is 34.2 Å². The predicted molar refractivity (Wildman–Crippen MR) is 64.5 cm³/mol. The van der Waals surface area contributed by atoms with E-state index in [0.717, 1.165) is 6.42 Å². The molecule has 1 amide bonds. The van der Waals surface area contributed by atoms with Crippen LogP contribution in [0.2, 0.25) is 0 Å². The first-order valence-corrected chi connectivity index (χ1v) is 5.94. The largest absolute Gasteiger partial charge is 0.481 e. The van der Waals surface area contributed by atoms with Gasteiger partial charge in [-0.05, 0) is 13.3 Å². The van der Waals surface area contributed by atoms with E-state index >= 15 is 0 Å². The summed E-state index contributed by atoms with van der Waals surface area (Å²) in [6.45, 7) is 6.82. The van der Waals surface area contributed by atoms with Crippen molar-refractivity contribution in [2.45, 2.75) is 46.1 Å². The third kappa shape index (κ3) is 5.68. The smallest absolute Gasteiger partial charge is 0.307 e. The molecule has 0 saturated heterocycles. The third-order valence-corrected chi connectivity index (χ3v) is 2.99. The number of hydrogen-bond acceptors (Lipinski definition) is 3. The summed E-state index contributed by atoms with van der Waals surface area (Å²) in [6.07, 6.45) is 1.42. The average molecular weight is 245 g/mol. The molecule has 0 aromatic rings. The summed E-state index contributed by atoms with van der Waals surface area (Å²) in [5.74, 6) is -2.67. The maximum Gasteiger partial charge on any atom is 0.307 e. The number of carbonyl (C=O) groups is 2. The molecule has 0 bridgehead atoms. The fraction of sp³-hybridized carbons (Fsp3) is 0.833. The molecule has 0 spiro atoms. The van der Waals surface area contributed by atoms with E-state index in [2.05, 4.69) is 5.32 Å². The van der Waals surface area contributed by atoms with E-state index in [0.29, 0.717) is 6.42 Å². The Morgan fingerprint density at radius 3 is 2.24 bits per heavy atom. The third-order valence-electron chi connectivity index (χ3n) is 2.99. The second kappa shape index (κ2) is 6.59. The van der Waals surface area contributed by atoms with Crippen molar-refractivity contribution >= 4 is 11.9 Å².